The summed E-state index contributed by atoms with van der Waals surface area (Å²) in [6, 6.07) is 0. The first-order valence-electron chi connectivity index (χ1n) is 18.6. The highest BCUT2D eigenvalue weighted by Gasteiger charge is 2.06. The monoisotopic (exact) mass is 587 g/mol. The molecule has 0 aliphatic rings. The Morgan fingerprint density at radius 1 is 0.405 bits per heavy atom. The Morgan fingerprint density at radius 2 is 0.786 bits per heavy atom. The van der Waals surface area contributed by atoms with E-state index in [0.29, 0.717) is 0 Å². The SMILES string of the molecule is CCCCCC=CCC=CCCCCCCCCOCC(CC)OCCCCCCCCC=CCC=CCCCCC. The van der Waals surface area contributed by atoms with E-state index in [2.05, 4.69) is 69.4 Å². The van der Waals surface area contributed by atoms with E-state index in [1.165, 1.54) is 141 Å². The Balaban J connectivity index is 3.38. The Labute approximate surface area is 264 Å². The first-order valence-corrected chi connectivity index (χ1v) is 18.6. The van der Waals surface area contributed by atoms with Gasteiger partial charge >= 0.3 is 0 Å². The molecule has 0 spiro atoms. The molecular formula is C40H74O2. The molecule has 1 unspecified atom stereocenters. The van der Waals surface area contributed by atoms with Crippen LogP contribution >= 0.6 is 0 Å². The topological polar surface area (TPSA) is 18.5 Å². The van der Waals surface area contributed by atoms with Crippen LogP contribution in [-0.4, -0.2) is 25.9 Å². The van der Waals surface area contributed by atoms with Gasteiger partial charge in [-0.25, -0.2) is 0 Å². The first-order chi connectivity index (χ1) is 20.8. The van der Waals surface area contributed by atoms with Crippen molar-refractivity contribution in [3.05, 3.63) is 48.6 Å². The van der Waals surface area contributed by atoms with Crippen molar-refractivity contribution in [2.24, 2.45) is 0 Å². The van der Waals surface area contributed by atoms with E-state index in [9.17, 15) is 0 Å². The van der Waals surface area contributed by atoms with Gasteiger partial charge in [0.15, 0.2) is 0 Å². The first kappa shape index (κ1) is 40.9. The van der Waals surface area contributed by atoms with Crippen LogP contribution in [0.25, 0.3) is 0 Å². The quantitative estimate of drug-likeness (QED) is 0.0551. The second-order valence-corrected chi connectivity index (χ2v) is 12.1. The molecule has 246 valence electrons. The molecule has 2 heteroatoms. The second kappa shape index (κ2) is 37.9. The van der Waals surface area contributed by atoms with Gasteiger partial charge in [-0.15, -0.1) is 0 Å². The lowest BCUT2D eigenvalue weighted by atomic mass is 10.1. The molecule has 0 amide bonds. The molecule has 0 fully saturated rings. The van der Waals surface area contributed by atoms with Crippen LogP contribution in [0.2, 0.25) is 0 Å². The summed E-state index contributed by atoms with van der Waals surface area (Å²) in [5.74, 6) is 0. The smallest absolute Gasteiger partial charge is 0.0805 e. The Hall–Kier alpha value is -1.12. The maximum absolute atomic E-state index is 6.09. The Bertz CT molecular complexity index is 603. The fourth-order valence-corrected chi connectivity index (χ4v) is 5.03. The predicted molar refractivity (Wildman–Crippen MR) is 190 cm³/mol. The van der Waals surface area contributed by atoms with E-state index < -0.39 is 0 Å². The fraction of sp³-hybridized carbons (Fsp3) is 0.800. The standard InChI is InChI=1S/C40H74O2/c1-4-7-9-11-13-15-17-19-21-23-25-27-29-31-33-35-37-41-39-40(6-3)42-38-36-34-32-30-28-26-24-22-20-18-16-14-12-10-8-5-2/h13-16,19-22,40H,4-12,17-18,23-39H2,1-3H3. The number of hydrogen-bond donors (Lipinski definition) is 0. The zero-order valence-corrected chi connectivity index (χ0v) is 28.8. The van der Waals surface area contributed by atoms with Crippen LogP contribution in [0.4, 0.5) is 0 Å². The molecule has 0 radical (unpaired) electrons. The summed E-state index contributed by atoms with van der Waals surface area (Å²) in [6.07, 6.45) is 51.0. The van der Waals surface area contributed by atoms with Gasteiger partial charge in [0.05, 0.1) is 12.7 Å². The van der Waals surface area contributed by atoms with Gasteiger partial charge in [0.25, 0.3) is 0 Å². The summed E-state index contributed by atoms with van der Waals surface area (Å²) in [7, 11) is 0. The summed E-state index contributed by atoms with van der Waals surface area (Å²) >= 11 is 0. The third-order valence-electron chi connectivity index (χ3n) is 7.95. The average Bonchev–Trinajstić information content (AvgIpc) is 3.00. The highest BCUT2D eigenvalue weighted by Crippen LogP contribution is 2.11. The maximum atomic E-state index is 6.09. The van der Waals surface area contributed by atoms with Crippen LogP contribution in [0.5, 0.6) is 0 Å². The molecule has 0 aromatic heterocycles. The minimum absolute atomic E-state index is 0.271. The van der Waals surface area contributed by atoms with Crippen LogP contribution in [0, 0.1) is 0 Å². The Kier molecular flexibility index (Phi) is 36.9. The van der Waals surface area contributed by atoms with Crippen molar-refractivity contribution in [3.8, 4) is 0 Å². The third-order valence-corrected chi connectivity index (χ3v) is 7.95. The number of hydrogen-bond acceptors (Lipinski definition) is 2. The summed E-state index contributed by atoms with van der Waals surface area (Å²) < 4.78 is 12.0. The second-order valence-electron chi connectivity index (χ2n) is 12.1. The fourth-order valence-electron chi connectivity index (χ4n) is 5.03. The van der Waals surface area contributed by atoms with Gasteiger partial charge in [-0.2, -0.15) is 0 Å². The predicted octanol–water partition coefficient (Wildman–Crippen LogP) is 13.4. The minimum atomic E-state index is 0.271. The molecule has 2 nitrogen and oxygen atoms in total. The van der Waals surface area contributed by atoms with E-state index in [1.807, 2.05) is 0 Å². The summed E-state index contributed by atoms with van der Waals surface area (Å²) in [6.45, 7) is 9.29. The lowest BCUT2D eigenvalue weighted by Gasteiger charge is -2.16. The van der Waals surface area contributed by atoms with E-state index in [4.69, 9.17) is 9.47 Å². The van der Waals surface area contributed by atoms with Gasteiger partial charge in [0.2, 0.25) is 0 Å². The molecule has 42 heavy (non-hydrogen) atoms. The van der Waals surface area contributed by atoms with Gasteiger partial charge in [0, 0.05) is 13.2 Å². The molecule has 0 aromatic carbocycles. The van der Waals surface area contributed by atoms with Gasteiger partial charge in [-0.05, 0) is 83.5 Å². The normalized spacial score (nSPS) is 13.1. The van der Waals surface area contributed by atoms with E-state index in [1.54, 1.807) is 0 Å². The molecule has 0 aromatic rings. The van der Waals surface area contributed by atoms with Crippen LogP contribution in [0.15, 0.2) is 48.6 Å². The molecule has 0 aliphatic carbocycles. The largest absolute Gasteiger partial charge is 0.379 e. The Morgan fingerprint density at radius 3 is 1.21 bits per heavy atom. The van der Waals surface area contributed by atoms with Gasteiger partial charge in [-0.1, -0.05) is 146 Å². The zero-order chi connectivity index (χ0) is 30.4. The zero-order valence-electron chi connectivity index (χ0n) is 28.8. The third kappa shape index (κ3) is 35.1. The summed E-state index contributed by atoms with van der Waals surface area (Å²) in [5.41, 5.74) is 0. The van der Waals surface area contributed by atoms with Crippen molar-refractivity contribution in [2.75, 3.05) is 19.8 Å². The molecule has 0 N–H and O–H groups in total. The van der Waals surface area contributed by atoms with Crippen LogP contribution in [-0.2, 0) is 9.47 Å². The minimum Gasteiger partial charge on any atom is -0.379 e. The lowest BCUT2D eigenvalue weighted by Crippen LogP contribution is -2.20. The molecule has 0 aliphatic heterocycles. The molecule has 0 saturated heterocycles. The number of ether oxygens (including phenoxy) is 2. The van der Waals surface area contributed by atoms with Gasteiger partial charge in [0.1, 0.15) is 0 Å². The maximum Gasteiger partial charge on any atom is 0.0805 e. The molecule has 1 atom stereocenters. The van der Waals surface area contributed by atoms with E-state index in [0.717, 1.165) is 39.1 Å². The number of allylic oxidation sites excluding steroid dienone is 8. The highest BCUT2D eigenvalue weighted by atomic mass is 16.5. The molecule has 0 saturated carbocycles. The summed E-state index contributed by atoms with van der Waals surface area (Å²) in [5, 5.41) is 0. The van der Waals surface area contributed by atoms with Crippen LogP contribution < -0.4 is 0 Å². The van der Waals surface area contributed by atoms with Crippen molar-refractivity contribution in [1.82, 2.24) is 0 Å². The van der Waals surface area contributed by atoms with Crippen molar-refractivity contribution >= 4 is 0 Å². The average molecular weight is 587 g/mol. The summed E-state index contributed by atoms with van der Waals surface area (Å²) in [4.78, 5) is 0. The van der Waals surface area contributed by atoms with Gasteiger partial charge < -0.3 is 9.47 Å². The van der Waals surface area contributed by atoms with Crippen molar-refractivity contribution < 1.29 is 9.47 Å². The van der Waals surface area contributed by atoms with Crippen LogP contribution in [0.3, 0.4) is 0 Å². The number of rotatable bonds is 34. The van der Waals surface area contributed by atoms with Crippen molar-refractivity contribution in [1.29, 1.82) is 0 Å². The van der Waals surface area contributed by atoms with E-state index >= 15 is 0 Å². The van der Waals surface area contributed by atoms with Crippen LogP contribution in [0.1, 0.15) is 181 Å². The highest BCUT2D eigenvalue weighted by molar-refractivity contribution is 4.93. The molecular weight excluding hydrogens is 512 g/mol. The van der Waals surface area contributed by atoms with E-state index in [-0.39, 0.29) is 6.10 Å². The molecule has 0 rings (SSSR count). The van der Waals surface area contributed by atoms with Gasteiger partial charge in [-0.3, -0.25) is 0 Å². The molecule has 0 heterocycles. The van der Waals surface area contributed by atoms with Crippen molar-refractivity contribution in [3.63, 3.8) is 0 Å². The van der Waals surface area contributed by atoms with Crippen molar-refractivity contribution in [2.45, 2.75) is 187 Å². The lowest BCUT2D eigenvalue weighted by molar-refractivity contribution is -0.0200. The number of unbranched alkanes of at least 4 members (excludes halogenated alkanes) is 18. The molecule has 0 bridgehead atoms.